The van der Waals surface area contributed by atoms with E-state index >= 15 is 0 Å². The molecule has 0 radical (unpaired) electrons. The van der Waals surface area contributed by atoms with Crippen LogP contribution in [0.25, 0.3) is 0 Å². The Labute approximate surface area is 133 Å². The van der Waals surface area contributed by atoms with Crippen molar-refractivity contribution in [3.8, 4) is 0 Å². The van der Waals surface area contributed by atoms with Crippen molar-refractivity contribution in [2.75, 3.05) is 13.7 Å². The van der Waals surface area contributed by atoms with E-state index in [9.17, 15) is 9.59 Å². The zero-order valence-corrected chi connectivity index (χ0v) is 14.3. The third-order valence-electron chi connectivity index (χ3n) is 4.17. The molecule has 0 aliphatic carbocycles. The third kappa shape index (κ3) is 4.33. The fourth-order valence-electron chi connectivity index (χ4n) is 2.33. The fourth-order valence-corrected chi connectivity index (χ4v) is 2.33. The van der Waals surface area contributed by atoms with Crippen LogP contribution in [0, 0.1) is 0 Å². The summed E-state index contributed by atoms with van der Waals surface area (Å²) >= 11 is 0. The zero-order chi connectivity index (χ0) is 16.8. The van der Waals surface area contributed by atoms with E-state index < -0.39 is 5.54 Å². The van der Waals surface area contributed by atoms with Crippen molar-refractivity contribution in [3.63, 3.8) is 0 Å². The van der Waals surface area contributed by atoms with Crippen LogP contribution in [0.5, 0.6) is 0 Å². The van der Waals surface area contributed by atoms with Gasteiger partial charge in [-0.2, -0.15) is 0 Å². The number of nitrogens with zero attached hydrogens (tertiary/aromatic N) is 1. The van der Waals surface area contributed by atoms with Crippen LogP contribution in [0.1, 0.15) is 52.0 Å². The van der Waals surface area contributed by atoms with Gasteiger partial charge in [-0.15, -0.1) is 0 Å². The van der Waals surface area contributed by atoms with Crippen molar-refractivity contribution in [3.05, 3.63) is 35.9 Å². The lowest BCUT2D eigenvalue weighted by molar-refractivity contribution is -0.160. The van der Waals surface area contributed by atoms with Crippen LogP contribution in [-0.2, 0) is 14.3 Å². The maximum Gasteiger partial charge on any atom is 0.331 e. The summed E-state index contributed by atoms with van der Waals surface area (Å²) in [7, 11) is 1.66. The molecule has 0 aliphatic heterocycles. The van der Waals surface area contributed by atoms with Gasteiger partial charge in [-0.3, -0.25) is 4.79 Å². The molecule has 1 unspecified atom stereocenters. The van der Waals surface area contributed by atoms with Gasteiger partial charge in [0, 0.05) is 13.5 Å². The summed E-state index contributed by atoms with van der Waals surface area (Å²) in [6, 6.07) is 10.0. The predicted molar refractivity (Wildman–Crippen MR) is 87.6 cm³/mol. The highest BCUT2D eigenvalue weighted by Gasteiger charge is 2.37. The number of hydrogen-bond donors (Lipinski definition) is 0. The molecule has 0 bridgehead atoms. The van der Waals surface area contributed by atoms with Gasteiger partial charge in [-0.25, -0.2) is 4.79 Å². The lowest BCUT2D eigenvalue weighted by Gasteiger charge is -2.34. The van der Waals surface area contributed by atoms with Gasteiger partial charge in [0.2, 0.25) is 5.91 Å². The second-order valence-corrected chi connectivity index (χ2v) is 5.95. The summed E-state index contributed by atoms with van der Waals surface area (Å²) in [6.45, 7) is 7.57. The number of rotatable bonds is 7. The second-order valence-electron chi connectivity index (χ2n) is 5.95. The van der Waals surface area contributed by atoms with E-state index in [2.05, 4.69) is 6.92 Å². The molecule has 1 aromatic rings. The Hall–Kier alpha value is -1.84. The quantitative estimate of drug-likeness (QED) is 0.726. The molecule has 1 aromatic carbocycles. The minimum absolute atomic E-state index is 0.0474. The SMILES string of the molecule is CCOC(=O)C(C)(C)N(C)C(=O)CC(CC)c1ccccc1. The van der Waals surface area contributed by atoms with Crippen LogP contribution in [0.2, 0.25) is 0 Å². The number of carbonyl (C=O) groups is 2. The molecule has 0 aliphatic rings. The van der Waals surface area contributed by atoms with Gasteiger partial charge < -0.3 is 9.64 Å². The molecule has 0 aromatic heterocycles. The highest BCUT2D eigenvalue weighted by Crippen LogP contribution is 2.25. The van der Waals surface area contributed by atoms with Gasteiger partial charge in [-0.1, -0.05) is 37.3 Å². The molecule has 0 fully saturated rings. The normalized spacial score (nSPS) is 12.6. The first-order chi connectivity index (χ1) is 10.3. The summed E-state index contributed by atoms with van der Waals surface area (Å²) in [4.78, 5) is 26.1. The van der Waals surface area contributed by atoms with Gasteiger partial charge in [-0.05, 0) is 38.7 Å². The molecule has 122 valence electrons. The van der Waals surface area contributed by atoms with Gasteiger partial charge in [0.1, 0.15) is 5.54 Å². The second kappa shape index (κ2) is 7.97. The third-order valence-corrected chi connectivity index (χ3v) is 4.17. The maximum absolute atomic E-state index is 12.6. The number of amides is 1. The fraction of sp³-hybridized carbons (Fsp3) is 0.556. The molecule has 0 saturated heterocycles. The standard InChI is InChI=1S/C18H27NO3/c1-6-14(15-11-9-8-10-12-15)13-16(20)19(5)18(3,4)17(21)22-7-2/h8-12,14H,6-7,13H2,1-5H3. The molecule has 4 heteroatoms. The van der Waals surface area contributed by atoms with E-state index in [-0.39, 0.29) is 17.8 Å². The summed E-state index contributed by atoms with van der Waals surface area (Å²) in [5.74, 6) is -0.262. The highest BCUT2D eigenvalue weighted by atomic mass is 16.5. The Morgan fingerprint density at radius 2 is 1.77 bits per heavy atom. The molecule has 22 heavy (non-hydrogen) atoms. The van der Waals surface area contributed by atoms with Crippen molar-refractivity contribution in [2.45, 2.75) is 52.0 Å². The smallest absolute Gasteiger partial charge is 0.331 e. The van der Waals surface area contributed by atoms with Gasteiger partial charge in [0.05, 0.1) is 6.61 Å². The first-order valence-corrected chi connectivity index (χ1v) is 7.83. The number of ether oxygens (including phenoxy) is 1. The predicted octanol–water partition coefficient (Wildman–Crippen LogP) is 3.37. The average molecular weight is 305 g/mol. The summed E-state index contributed by atoms with van der Waals surface area (Å²) in [5.41, 5.74) is 0.197. The number of carbonyl (C=O) groups excluding carboxylic acids is 2. The minimum Gasteiger partial charge on any atom is -0.464 e. The number of benzene rings is 1. The molecule has 0 saturated carbocycles. The van der Waals surface area contributed by atoms with E-state index in [1.807, 2.05) is 30.3 Å². The molecule has 1 atom stereocenters. The molecule has 4 nitrogen and oxygen atoms in total. The minimum atomic E-state index is -0.956. The number of esters is 1. The molecule has 1 rings (SSSR count). The van der Waals surface area contributed by atoms with Crippen LogP contribution in [0.15, 0.2) is 30.3 Å². The largest absolute Gasteiger partial charge is 0.464 e. The van der Waals surface area contributed by atoms with Crippen LogP contribution in [0.4, 0.5) is 0 Å². The monoisotopic (exact) mass is 305 g/mol. The first-order valence-electron chi connectivity index (χ1n) is 7.83. The van der Waals surface area contributed by atoms with Crippen LogP contribution in [-0.4, -0.2) is 36.0 Å². The van der Waals surface area contributed by atoms with Crippen molar-refractivity contribution in [1.82, 2.24) is 4.90 Å². The van der Waals surface area contributed by atoms with E-state index in [0.29, 0.717) is 13.0 Å². The Morgan fingerprint density at radius 3 is 2.27 bits per heavy atom. The molecular formula is C18H27NO3. The Balaban J connectivity index is 2.80. The van der Waals surface area contributed by atoms with Crippen LogP contribution in [0.3, 0.4) is 0 Å². The number of likely N-dealkylation sites (N-methyl/N-ethyl adjacent to an activating group) is 1. The van der Waals surface area contributed by atoms with Crippen LogP contribution < -0.4 is 0 Å². The van der Waals surface area contributed by atoms with E-state index in [4.69, 9.17) is 4.74 Å². The Morgan fingerprint density at radius 1 is 1.18 bits per heavy atom. The summed E-state index contributed by atoms with van der Waals surface area (Å²) in [5, 5.41) is 0. The van der Waals surface area contributed by atoms with Crippen molar-refractivity contribution in [1.29, 1.82) is 0 Å². The van der Waals surface area contributed by atoms with Gasteiger partial charge >= 0.3 is 5.97 Å². The van der Waals surface area contributed by atoms with Gasteiger partial charge in [0.15, 0.2) is 0 Å². The molecule has 0 N–H and O–H groups in total. The van der Waals surface area contributed by atoms with E-state index in [1.54, 1.807) is 27.8 Å². The molecule has 1 amide bonds. The summed E-state index contributed by atoms with van der Waals surface area (Å²) < 4.78 is 5.06. The van der Waals surface area contributed by atoms with Crippen molar-refractivity contribution >= 4 is 11.9 Å². The molecule has 0 heterocycles. The zero-order valence-electron chi connectivity index (χ0n) is 14.3. The number of hydrogen-bond acceptors (Lipinski definition) is 3. The molecular weight excluding hydrogens is 278 g/mol. The van der Waals surface area contributed by atoms with Crippen molar-refractivity contribution < 1.29 is 14.3 Å². The topological polar surface area (TPSA) is 46.6 Å². The van der Waals surface area contributed by atoms with Gasteiger partial charge in [0.25, 0.3) is 0 Å². The first kappa shape index (κ1) is 18.2. The maximum atomic E-state index is 12.6. The lowest BCUT2D eigenvalue weighted by Crippen LogP contribution is -2.51. The highest BCUT2D eigenvalue weighted by molar-refractivity contribution is 5.87. The Kier molecular flexibility index (Phi) is 6.60. The molecule has 0 spiro atoms. The average Bonchev–Trinajstić information content (AvgIpc) is 2.52. The lowest BCUT2D eigenvalue weighted by atomic mass is 9.92. The van der Waals surface area contributed by atoms with Crippen LogP contribution >= 0.6 is 0 Å². The van der Waals surface area contributed by atoms with E-state index in [1.165, 1.54) is 4.90 Å². The van der Waals surface area contributed by atoms with E-state index in [0.717, 1.165) is 12.0 Å². The summed E-state index contributed by atoms with van der Waals surface area (Å²) in [6.07, 6.45) is 1.27. The van der Waals surface area contributed by atoms with Crippen molar-refractivity contribution in [2.24, 2.45) is 0 Å². The Bertz CT molecular complexity index is 496.